The van der Waals surface area contributed by atoms with Crippen LogP contribution in [0.25, 0.3) is 0 Å². The summed E-state index contributed by atoms with van der Waals surface area (Å²) in [7, 11) is 3.04. The van der Waals surface area contributed by atoms with E-state index in [4.69, 9.17) is 9.47 Å². The minimum atomic E-state index is -0.985. The van der Waals surface area contributed by atoms with E-state index in [1.54, 1.807) is 25.3 Å². The van der Waals surface area contributed by atoms with E-state index in [1.807, 2.05) is 13.8 Å². The normalized spacial score (nSPS) is 11.9. The summed E-state index contributed by atoms with van der Waals surface area (Å²) in [5.74, 6) is 0.262. The highest BCUT2D eigenvalue weighted by Crippen LogP contribution is 2.31. The average molecular weight is 337 g/mol. The summed E-state index contributed by atoms with van der Waals surface area (Å²) in [6.45, 7) is 4.09. The molecule has 0 spiro atoms. The number of nitrogens with one attached hydrogen (secondary N) is 1. The van der Waals surface area contributed by atoms with Crippen molar-refractivity contribution in [2.24, 2.45) is 5.92 Å². The molecule has 0 aromatic heterocycles. The second kappa shape index (κ2) is 9.80. The van der Waals surface area contributed by atoms with E-state index < -0.39 is 12.0 Å². The Kier molecular flexibility index (Phi) is 8.09. The molecule has 2 N–H and O–H groups in total. The Balaban J connectivity index is 3.00. The van der Waals surface area contributed by atoms with E-state index in [9.17, 15) is 14.7 Å². The number of ether oxygens (including phenoxy) is 2. The smallest absolute Gasteiger partial charge is 0.305 e. The van der Waals surface area contributed by atoms with Crippen LogP contribution in [0.3, 0.4) is 0 Å². The van der Waals surface area contributed by atoms with Gasteiger partial charge >= 0.3 is 5.97 Å². The van der Waals surface area contributed by atoms with Crippen LogP contribution in [0, 0.1) is 5.92 Å². The van der Waals surface area contributed by atoms with Crippen LogP contribution in [0.1, 0.15) is 51.1 Å². The Labute approximate surface area is 143 Å². The standard InChI is InChI=1S/C18H27NO5/c1-5-12(6-2)9-17(20)19-15(11-18(21)22)14-8-7-13(23-3)10-16(14)24-4/h7-8,10,12,15H,5-6,9,11H2,1-4H3,(H,19,20)(H,21,22). The highest BCUT2D eigenvalue weighted by Gasteiger charge is 2.23. The van der Waals surface area contributed by atoms with Crippen molar-refractivity contribution >= 4 is 11.9 Å². The molecule has 24 heavy (non-hydrogen) atoms. The maximum Gasteiger partial charge on any atom is 0.305 e. The third-order valence-electron chi connectivity index (χ3n) is 4.16. The molecule has 134 valence electrons. The van der Waals surface area contributed by atoms with Gasteiger partial charge in [0.15, 0.2) is 0 Å². The molecule has 0 saturated heterocycles. The zero-order valence-corrected chi connectivity index (χ0v) is 14.8. The number of carboxylic acids is 1. The van der Waals surface area contributed by atoms with Gasteiger partial charge in [0.1, 0.15) is 11.5 Å². The molecule has 1 unspecified atom stereocenters. The van der Waals surface area contributed by atoms with Crippen LogP contribution in [-0.4, -0.2) is 31.2 Å². The number of hydrogen-bond donors (Lipinski definition) is 2. The molecule has 1 amide bonds. The second-order valence-electron chi connectivity index (χ2n) is 5.71. The van der Waals surface area contributed by atoms with Gasteiger partial charge in [-0.25, -0.2) is 0 Å². The second-order valence-corrected chi connectivity index (χ2v) is 5.71. The van der Waals surface area contributed by atoms with E-state index in [1.165, 1.54) is 7.11 Å². The van der Waals surface area contributed by atoms with E-state index >= 15 is 0 Å². The number of methoxy groups -OCH3 is 2. The maximum atomic E-state index is 12.3. The summed E-state index contributed by atoms with van der Waals surface area (Å²) in [6.07, 6.45) is 2.01. The van der Waals surface area contributed by atoms with E-state index in [0.29, 0.717) is 29.4 Å². The monoisotopic (exact) mass is 337 g/mol. The molecule has 1 atom stereocenters. The number of aliphatic carboxylic acids is 1. The number of rotatable bonds is 10. The lowest BCUT2D eigenvalue weighted by atomic mass is 9.97. The lowest BCUT2D eigenvalue weighted by molar-refractivity contribution is -0.137. The molecular weight excluding hydrogens is 310 g/mol. The Morgan fingerprint density at radius 1 is 1.12 bits per heavy atom. The number of carbonyl (C=O) groups is 2. The summed E-state index contributed by atoms with van der Waals surface area (Å²) in [5, 5.41) is 12.0. The number of benzene rings is 1. The summed E-state index contributed by atoms with van der Waals surface area (Å²) >= 11 is 0. The Bertz CT molecular complexity index is 554. The summed E-state index contributed by atoms with van der Waals surface area (Å²) < 4.78 is 10.5. The molecule has 0 aliphatic rings. The zero-order valence-electron chi connectivity index (χ0n) is 14.8. The molecule has 1 aromatic rings. The van der Waals surface area contributed by atoms with Crippen molar-refractivity contribution in [3.05, 3.63) is 23.8 Å². The number of carboxylic acid groups (broad SMARTS) is 1. The molecule has 6 heteroatoms. The highest BCUT2D eigenvalue weighted by atomic mass is 16.5. The van der Waals surface area contributed by atoms with Gasteiger partial charge in [-0.15, -0.1) is 0 Å². The molecule has 0 aliphatic carbocycles. The minimum Gasteiger partial charge on any atom is -0.497 e. The van der Waals surface area contributed by atoms with Crippen LogP contribution in [0.4, 0.5) is 0 Å². The van der Waals surface area contributed by atoms with Crippen molar-refractivity contribution in [2.75, 3.05) is 14.2 Å². The van der Waals surface area contributed by atoms with Crippen LogP contribution >= 0.6 is 0 Å². The van der Waals surface area contributed by atoms with E-state index in [0.717, 1.165) is 12.8 Å². The molecule has 0 bridgehead atoms. The van der Waals surface area contributed by atoms with Gasteiger partial charge in [0.05, 0.1) is 26.7 Å². The van der Waals surface area contributed by atoms with E-state index in [-0.39, 0.29) is 12.3 Å². The molecule has 0 fully saturated rings. The Hall–Kier alpha value is -2.24. The average Bonchev–Trinajstić information content (AvgIpc) is 2.57. The first-order chi connectivity index (χ1) is 11.4. The van der Waals surface area contributed by atoms with Gasteiger partial charge in [0.25, 0.3) is 0 Å². The van der Waals surface area contributed by atoms with Crippen LogP contribution < -0.4 is 14.8 Å². The first-order valence-electron chi connectivity index (χ1n) is 8.18. The van der Waals surface area contributed by atoms with Gasteiger partial charge in [0.2, 0.25) is 5.91 Å². The van der Waals surface area contributed by atoms with Gasteiger partial charge in [-0.2, -0.15) is 0 Å². The summed E-state index contributed by atoms with van der Waals surface area (Å²) in [4.78, 5) is 23.5. The fraction of sp³-hybridized carbons (Fsp3) is 0.556. The molecule has 1 rings (SSSR count). The SMILES string of the molecule is CCC(CC)CC(=O)NC(CC(=O)O)c1ccc(OC)cc1OC. The Morgan fingerprint density at radius 3 is 2.29 bits per heavy atom. The Morgan fingerprint density at radius 2 is 1.79 bits per heavy atom. The van der Waals surface area contributed by atoms with Gasteiger partial charge in [-0.1, -0.05) is 26.7 Å². The van der Waals surface area contributed by atoms with Gasteiger partial charge < -0.3 is 19.9 Å². The third-order valence-corrected chi connectivity index (χ3v) is 4.16. The summed E-state index contributed by atoms with van der Waals surface area (Å²) in [5.41, 5.74) is 0.624. The largest absolute Gasteiger partial charge is 0.497 e. The summed E-state index contributed by atoms with van der Waals surface area (Å²) in [6, 6.07) is 4.48. The molecule has 0 heterocycles. The highest BCUT2D eigenvalue weighted by molar-refractivity contribution is 5.78. The van der Waals surface area contributed by atoms with Crippen molar-refractivity contribution in [1.29, 1.82) is 0 Å². The zero-order chi connectivity index (χ0) is 18.1. The number of carbonyl (C=O) groups excluding carboxylic acids is 1. The number of hydrogen-bond acceptors (Lipinski definition) is 4. The fourth-order valence-corrected chi connectivity index (χ4v) is 2.61. The maximum absolute atomic E-state index is 12.3. The predicted octanol–water partition coefficient (Wildman–Crippen LogP) is 3.16. The predicted molar refractivity (Wildman–Crippen MR) is 91.4 cm³/mol. The van der Waals surface area contributed by atoms with Crippen molar-refractivity contribution in [3.8, 4) is 11.5 Å². The molecular formula is C18H27NO5. The van der Waals surface area contributed by atoms with Gasteiger partial charge in [-0.3, -0.25) is 9.59 Å². The van der Waals surface area contributed by atoms with E-state index in [2.05, 4.69) is 5.32 Å². The van der Waals surface area contributed by atoms with Crippen molar-refractivity contribution in [2.45, 2.75) is 45.6 Å². The van der Waals surface area contributed by atoms with Crippen LogP contribution in [-0.2, 0) is 9.59 Å². The van der Waals surface area contributed by atoms with Crippen molar-refractivity contribution < 1.29 is 24.2 Å². The van der Waals surface area contributed by atoms with Crippen LogP contribution in [0.2, 0.25) is 0 Å². The fourth-order valence-electron chi connectivity index (χ4n) is 2.61. The van der Waals surface area contributed by atoms with Crippen LogP contribution in [0.15, 0.2) is 18.2 Å². The molecule has 0 radical (unpaired) electrons. The molecule has 0 saturated carbocycles. The topological polar surface area (TPSA) is 84.9 Å². The minimum absolute atomic E-state index is 0.146. The molecule has 6 nitrogen and oxygen atoms in total. The molecule has 0 aliphatic heterocycles. The van der Waals surface area contributed by atoms with Crippen LogP contribution in [0.5, 0.6) is 11.5 Å². The quantitative estimate of drug-likeness (QED) is 0.685. The third kappa shape index (κ3) is 5.76. The number of amides is 1. The first-order valence-corrected chi connectivity index (χ1v) is 8.18. The molecule has 1 aromatic carbocycles. The lowest BCUT2D eigenvalue weighted by Crippen LogP contribution is -2.31. The van der Waals surface area contributed by atoms with Gasteiger partial charge in [0, 0.05) is 18.1 Å². The van der Waals surface area contributed by atoms with Crippen molar-refractivity contribution in [1.82, 2.24) is 5.32 Å². The van der Waals surface area contributed by atoms with Gasteiger partial charge in [-0.05, 0) is 18.1 Å². The lowest BCUT2D eigenvalue weighted by Gasteiger charge is -2.21. The first kappa shape index (κ1) is 19.8. The van der Waals surface area contributed by atoms with Crippen molar-refractivity contribution in [3.63, 3.8) is 0 Å².